The van der Waals surface area contributed by atoms with Crippen LogP contribution in [0.3, 0.4) is 0 Å². The van der Waals surface area contributed by atoms with Crippen LogP contribution in [0, 0.1) is 0 Å². The van der Waals surface area contributed by atoms with Gasteiger partial charge in [-0.05, 0) is 13.3 Å². The van der Waals surface area contributed by atoms with Gasteiger partial charge in [-0.1, -0.05) is 6.08 Å². The van der Waals surface area contributed by atoms with E-state index in [-0.39, 0.29) is 5.60 Å². The first-order valence-corrected chi connectivity index (χ1v) is 3.59. The summed E-state index contributed by atoms with van der Waals surface area (Å²) in [6, 6.07) is 0. The molecular formula is C8H14O2. The van der Waals surface area contributed by atoms with E-state index < -0.39 is 0 Å². The molecule has 1 rings (SSSR count). The minimum Gasteiger partial charge on any atom is -0.375 e. The zero-order valence-corrected chi connectivity index (χ0v) is 6.43. The van der Waals surface area contributed by atoms with Crippen LogP contribution in [-0.2, 0) is 9.47 Å². The van der Waals surface area contributed by atoms with Gasteiger partial charge in [0.2, 0.25) is 0 Å². The molecule has 10 heavy (non-hydrogen) atoms. The van der Waals surface area contributed by atoms with E-state index in [4.69, 9.17) is 9.47 Å². The fourth-order valence-electron chi connectivity index (χ4n) is 0.862. The maximum absolute atomic E-state index is 5.51. The third-order valence-electron chi connectivity index (χ3n) is 1.59. The van der Waals surface area contributed by atoms with Crippen LogP contribution in [0.2, 0.25) is 0 Å². The Labute approximate surface area is 61.8 Å². The van der Waals surface area contributed by atoms with E-state index >= 15 is 0 Å². The maximum atomic E-state index is 5.51. The lowest BCUT2D eigenvalue weighted by atomic mass is 10.1. The Morgan fingerprint density at radius 2 is 2.40 bits per heavy atom. The van der Waals surface area contributed by atoms with Crippen molar-refractivity contribution in [2.75, 3.05) is 19.8 Å². The van der Waals surface area contributed by atoms with Crippen LogP contribution in [-0.4, -0.2) is 25.4 Å². The minimum atomic E-state index is 0.00299. The average molecular weight is 142 g/mol. The average Bonchev–Trinajstić information content (AvgIpc) is 1.85. The normalized spacial score (nSPS) is 21.7. The van der Waals surface area contributed by atoms with Crippen molar-refractivity contribution in [1.29, 1.82) is 0 Å². The highest BCUT2D eigenvalue weighted by Gasteiger charge is 2.33. The highest BCUT2D eigenvalue weighted by atomic mass is 16.6. The van der Waals surface area contributed by atoms with Crippen molar-refractivity contribution in [3.63, 3.8) is 0 Å². The lowest BCUT2D eigenvalue weighted by Crippen LogP contribution is -2.49. The fraction of sp³-hybridized carbons (Fsp3) is 0.750. The Morgan fingerprint density at radius 1 is 1.70 bits per heavy atom. The topological polar surface area (TPSA) is 18.5 Å². The molecule has 0 N–H and O–H groups in total. The molecule has 0 bridgehead atoms. The largest absolute Gasteiger partial charge is 0.375 e. The Bertz CT molecular complexity index is 116. The summed E-state index contributed by atoms with van der Waals surface area (Å²) in [6.45, 7) is 7.93. The van der Waals surface area contributed by atoms with Gasteiger partial charge in [0.1, 0.15) is 5.60 Å². The predicted molar refractivity (Wildman–Crippen MR) is 40.0 cm³/mol. The summed E-state index contributed by atoms with van der Waals surface area (Å²) in [5.41, 5.74) is 0.00299. The molecule has 0 spiro atoms. The molecule has 0 saturated carbocycles. The van der Waals surface area contributed by atoms with E-state index in [2.05, 4.69) is 13.5 Å². The molecule has 0 atom stereocenters. The van der Waals surface area contributed by atoms with Crippen molar-refractivity contribution in [3.8, 4) is 0 Å². The van der Waals surface area contributed by atoms with E-state index in [1.807, 2.05) is 6.08 Å². The first-order valence-electron chi connectivity index (χ1n) is 3.59. The van der Waals surface area contributed by atoms with Gasteiger partial charge in [0.15, 0.2) is 0 Å². The van der Waals surface area contributed by atoms with Gasteiger partial charge in [-0.2, -0.15) is 0 Å². The smallest absolute Gasteiger partial charge is 0.112 e. The first-order chi connectivity index (χ1) is 4.77. The molecule has 58 valence electrons. The summed E-state index contributed by atoms with van der Waals surface area (Å²) in [5.74, 6) is 0. The van der Waals surface area contributed by atoms with E-state index in [1.165, 1.54) is 0 Å². The van der Waals surface area contributed by atoms with Gasteiger partial charge in [-0.15, -0.1) is 6.58 Å². The van der Waals surface area contributed by atoms with Crippen LogP contribution in [0.5, 0.6) is 0 Å². The van der Waals surface area contributed by atoms with Crippen LogP contribution in [0.4, 0.5) is 0 Å². The van der Waals surface area contributed by atoms with Crippen LogP contribution in [0.1, 0.15) is 13.3 Å². The molecule has 1 saturated heterocycles. The summed E-state index contributed by atoms with van der Waals surface area (Å²) in [6.07, 6.45) is 2.79. The minimum absolute atomic E-state index is 0.00299. The zero-order chi connectivity index (χ0) is 7.45. The molecule has 0 amide bonds. The van der Waals surface area contributed by atoms with E-state index in [0.717, 1.165) is 26.2 Å². The maximum Gasteiger partial charge on any atom is 0.112 e. The van der Waals surface area contributed by atoms with Gasteiger partial charge >= 0.3 is 0 Å². The summed E-state index contributed by atoms with van der Waals surface area (Å²) in [5, 5.41) is 0. The Kier molecular flexibility index (Phi) is 2.46. The van der Waals surface area contributed by atoms with Gasteiger partial charge in [-0.25, -0.2) is 0 Å². The van der Waals surface area contributed by atoms with E-state index in [0.29, 0.717) is 0 Å². The molecule has 0 unspecified atom stereocenters. The molecule has 2 heteroatoms. The standard InChI is InChI=1S/C8H14O2/c1-3-4-5-10-8(2)6-9-7-8/h3H,1,4-7H2,2H3. The van der Waals surface area contributed by atoms with E-state index in [1.54, 1.807) is 0 Å². The van der Waals surface area contributed by atoms with Gasteiger partial charge in [0.05, 0.1) is 19.8 Å². The highest BCUT2D eigenvalue weighted by Crippen LogP contribution is 2.20. The van der Waals surface area contributed by atoms with Gasteiger partial charge < -0.3 is 9.47 Å². The lowest BCUT2D eigenvalue weighted by Gasteiger charge is -2.37. The molecule has 0 aliphatic carbocycles. The van der Waals surface area contributed by atoms with Crippen molar-refractivity contribution in [2.45, 2.75) is 18.9 Å². The second-order valence-corrected chi connectivity index (χ2v) is 2.87. The third kappa shape index (κ3) is 1.82. The molecular weight excluding hydrogens is 128 g/mol. The van der Waals surface area contributed by atoms with Crippen molar-refractivity contribution >= 4 is 0 Å². The van der Waals surface area contributed by atoms with Crippen LogP contribution in [0.15, 0.2) is 12.7 Å². The van der Waals surface area contributed by atoms with Crippen molar-refractivity contribution < 1.29 is 9.47 Å². The molecule has 1 heterocycles. The molecule has 1 aliphatic heterocycles. The Morgan fingerprint density at radius 3 is 2.80 bits per heavy atom. The van der Waals surface area contributed by atoms with Crippen LogP contribution < -0.4 is 0 Å². The van der Waals surface area contributed by atoms with Gasteiger partial charge in [0, 0.05) is 0 Å². The molecule has 0 aromatic carbocycles. The predicted octanol–water partition coefficient (Wildman–Crippen LogP) is 1.37. The molecule has 1 fully saturated rings. The molecule has 1 aliphatic rings. The quantitative estimate of drug-likeness (QED) is 0.436. The monoisotopic (exact) mass is 142 g/mol. The van der Waals surface area contributed by atoms with Crippen LogP contribution >= 0.6 is 0 Å². The van der Waals surface area contributed by atoms with Crippen molar-refractivity contribution in [2.24, 2.45) is 0 Å². The lowest BCUT2D eigenvalue weighted by molar-refractivity contribution is -0.197. The van der Waals surface area contributed by atoms with Gasteiger partial charge in [0.25, 0.3) is 0 Å². The number of hydrogen-bond acceptors (Lipinski definition) is 2. The fourth-order valence-corrected chi connectivity index (χ4v) is 0.862. The molecule has 2 nitrogen and oxygen atoms in total. The number of hydrogen-bond donors (Lipinski definition) is 0. The number of rotatable bonds is 4. The zero-order valence-electron chi connectivity index (χ0n) is 6.43. The van der Waals surface area contributed by atoms with E-state index in [9.17, 15) is 0 Å². The summed E-state index contributed by atoms with van der Waals surface area (Å²) in [4.78, 5) is 0. The van der Waals surface area contributed by atoms with Crippen molar-refractivity contribution in [1.82, 2.24) is 0 Å². The van der Waals surface area contributed by atoms with Crippen LogP contribution in [0.25, 0.3) is 0 Å². The summed E-state index contributed by atoms with van der Waals surface area (Å²) >= 11 is 0. The van der Waals surface area contributed by atoms with Gasteiger partial charge in [-0.3, -0.25) is 0 Å². The molecule has 0 radical (unpaired) electrons. The second kappa shape index (κ2) is 3.17. The van der Waals surface area contributed by atoms with Crippen molar-refractivity contribution in [3.05, 3.63) is 12.7 Å². The summed E-state index contributed by atoms with van der Waals surface area (Å²) in [7, 11) is 0. The molecule has 0 aromatic rings. The second-order valence-electron chi connectivity index (χ2n) is 2.87. The Hall–Kier alpha value is -0.340. The Balaban J connectivity index is 2.06. The third-order valence-corrected chi connectivity index (χ3v) is 1.59. The number of ether oxygens (including phenoxy) is 2. The summed E-state index contributed by atoms with van der Waals surface area (Å²) < 4.78 is 10.5. The SMILES string of the molecule is C=CCCOC1(C)COC1. The first kappa shape index (κ1) is 7.76. The highest BCUT2D eigenvalue weighted by molar-refractivity contribution is 4.82. The molecule has 0 aromatic heterocycles.